The predicted molar refractivity (Wildman–Crippen MR) is 115 cm³/mol. The van der Waals surface area contributed by atoms with Gasteiger partial charge in [0, 0.05) is 4.88 Å². The van der Waals surface area contributed by atoms with Gasteiger partial charge in [0.15, 0.2) is 0 Å². The number of carbonyl (C=O) groups is 2. The maximum absolute atomic E-state index is 13.6. The van der Waals surface area contributed by atoms with E-state index >= 15 is 0 Å². The molecule has 1 fully saturated rings. The average Bonchev–Trinajstić information content (AvgIpc) is 3.25. The van der Waals surface area contributed by atoms with Crippen LogP contribution in [0, 0.1) is 5.41 Å². The number of hydrogen-bond donors (Lipinski definition) is 0. The van der Waals surface area contributed by atoms with Gasteiger partial charge >= 0.3 is 6.09 Å². The number of hydrogen-bond acceptors (Lipinski definition) is 6. The number of nitrogens with zero attached hydrogens (tertiary/aromatic N) is 3. The molecule has 3 atom stereocenters. The highest BCUT2D eigenvalue weighted by Crippen LogP contribution is 2.46. The zero-order chi connectivity index (χ0) is 21.0. The zero-order valence-corrected chi connectivity index (χ0v) is 18.2. The Hall–Kier alpha value is -2.51. The Bertz CT molecular complexity index is 1170. The van der Waals surface area contributed by atoms with Gasteiger partial charge < -0.3 is 4.74 Å². The third-order valence-corrected chi connectivity index (χ3v) is 7.66. The van der Waals surface area contributed by atoms with Crippen molar-refractivity contribution < 1.29 is 14.3 Å². The quantitative estimate of drug-likeness (QED) is 0.526. The van der Waals surface area contributed by atoms with Crippen molar-refractivity contribution in [1.29, 1.82) is 0 Å². The van der Waals surface area contributed by atoms with E-state index in [0.717, 1.165) is 26.2 Å². The first-order valence-electron chi connectivity index (χ1n) is 9.89. The van der Waals surface area contributed by atoms with Crippen molar-refractivity contribution in [3.05, 3.63) is 57.8 Å². The number of aromatic nitrogens is 2. The van der Waals surface area contributed by atoms with Crippen LogP contribution in [0.1, 0.15) is 42.4 Å². The van der Waals surface area contributed by atoms with E-state index in [2.05, 4.69) is 9.97 Å². The number of thiophene rings is 1. The summed E-state index contributed by atoms with van der Waals surface area (Å²) in [5.74, 6) is -0.182. The highest BCUT2D eigenvalue weighted by atomic mass is 35.5. The largest absolute Gasteiger partial charge is 0.439 e. The summed E-state index contributed by atoms with van der Waals surface area (Å²) in [6, 6.07) is 9.18. The second kappa shape index (κ2) is 7.03. The molecule has 2 amide bonds. The van der Waals surface area contributed by atoms with Crippen LogP contribution in [0.5, 0.6) is 0 Å². The van der Waals surface area contributed by atoms with Gasteiger partial charge in [-0.15, -0.1) is 11.3 Å². The van der Waals surface area contributed by atoms with Crippen LogP contribution in [0.25, 0.3) is 10.2 Å². The van der Waals surface area contributed by atoms with Gasteiger partial charge in [0.1, 0.15) is 22.4 Å². The summed E-state index contributed by atoms with van der Waals surface area (Å²) in [6.45, 7) is 3.80. The fourth-order valence-corrected chi connectivity index (χ4v) is 6.22. The van der Waals surface area contributed by atoms with Crippen LogP contribution in [0.2, 0.25) is 5.15 Å². The van der Waals surface area contributed by atoms with Crippen LogP contribution < -0.4 is 0 Å². The molecule has 0 saturated carbocycles. The van der Waals surface area contributed by atoms with Crippen LogP contribution in [0.4, 0.5) is 4.79 Å². The van der Waals surface area contributed by atoms with Crippen molar-refractivity contribution in [2.24, 2.45) is 5.41 Å². The molecule has 3 unspecified atom stereocenters. The number of fused-ring (bicyclic) bond motifs is 3. The van der Waals surface area contributed by atoms with Crippen LogP contribution in [-0.2, 0) is 22.4 Å². The maximum Gasteiger partial charge on any atom is 0.417 e. The summed E-state index contributed by atoms with van der Waals surface area (Å²) in [5.41, 5.74) is 1.33. The fraction of sp³-hybridized carbons (Fsp3) is 0.364. The Labute approximate surface area is 182 Å². The average molecular weight is 442 g/mol. The Morgan fingerprint density at radius 3 is 2.83 bits per heavy atom. The van der Waals surface area contributed by atoms with E-state index in [9.17, 15) is 9.59 Å². The minimum atomic E-state index is -0.688. The molecule has 0 N–H and O–H groups in total. The van der Waals surface area contributed by atoms with E-state index < -0.39 is 17.6 Å². The van der Waals surface area contributed by atoms with Gasteiger partial charge in [0.2, 0.25) is 5.91 Å². The first-order valence-corrected chi connectivity index (χ1v) is 11.1. The molecule has 0 spiro atoms. The van der Waals surface area contributed by atoms with Crippen LogP contribution >= 0.6 is 22.9 Å². The predicted octanol–water partition coefficient (Wildman–Crippen LogP) is 4.95. The molecular formula is C22H20ClN3O3S. The molecule has 8 heteroatoms. The zero-order valence-electron chi connectivity index (χ0n) is 16.6. The van der Waals surface area contributed by atoms with Gasteiger partial charge in [0.25, 0.3) is 0 Å². The number of ether oxygens (including phenoxy) is 1. The topological polar surface area (TPSA) is 72.4 Å². The molecule has 6 nitrogen and oxygen atoms in total. The van der Waals surface area contributed by atoms with Gasteiger partial charge in [-0.1, -0.05) is 48.9 Å². The molecule has 1 saturated heterocycles. The third kappa shape index (κ3) is 2.91. The van der Waals surface area contributed by atoms with Crippen molar-refractivity contribution in [3.8, 4) is 0 Å². The second-order valence-electron chi connectivity index (χ2n) is 8.22. The lowest BCUT2D eigenvalue weighted by Gasteiger charge is -2.35. The number of imide groups is 1. The molecular weight excluding hydrogens is 422 g/mol. The SMILES string of the molecule is CC1C(c2ccccc2)OC(=O)N1C(=O)C1(C)CCc2c(sc3ncnc(Cl)c23)C1. The first kappa shape index (κ1) is 19.5. The number of amides is 2. The molecule has 1 aliphatic heterocycles. The Kier molecular flexibility index (Phi) is 4.56. The monoisotopic (exact) mass is 441 g/mol. The maximum atomic E-state index is 13.6. The lowest BCUT2D eigenvalue weighted by molar-refractivity contribution is -0.139. The van der Waals surface area contributed by atoms with Gasteiger partial charge in [-0.2, -0.15) is 0 Å². The summed E-state index contributed by atoms with van der Waals surface area (Å²) < 4.78 is 5.60. The summed E-state index contributed by atoms with van der Waals surface area (Å²) in [4.78, 5) is 37.9. The molecule has 1 aromatic carbocycles. The molecule has 3 aromatic rings. The first-order chi connectivity index (χ1) is 14.4. The van der Waals surface area contributed by atoms with Crippen LogP contribution in [0.15, 0.2) is 36.7 Å². The summed E-state index contributed by atoms with van der Waals surface area (Å²) in [7, 11) is 0. The number of cyclic esters (lactones) is 1. The molecule has 3 heterocycles. The van der Waals surface area contributed by atoms with Gasteiger partial charge in [0.05, 0.1) is 16.8 Å². The lowest BCUT2D eigenvalue weighted by Crippen LogP contribution is -2.48. The summed E-state index contributed by atoms with van der Waals surface area (Å²) in [6.07, 6.45) is 2.31. The Morgan fingerprint density at radius 2 is 2.07 bits per heavy atom. The molecule has 154 valence electrons. The van der Waals surface area contributed by atoms with Gasteiger partial charge in [-0.3, -0.25) is 4.79 Å². The van der Waals surface area contributed by atoms with Gasteiger partial charge in [-0.25, -0.2) is 19.7 Å². The smallest absolute Gasteiger partial charge is 0.417 e. The second-order valence-corrected chi connectivity index (χ2v) is 9.66. The van der Waals surface area contributed by atoms with E-state index in [1.54, 1.807) is 11.3 Å². The Morgan fingerprint density at radius 1 is 1.30 bits per heavy atom. The summed E-state index contributed by atoms with van der Waals surface area (Å²) >= 11 is 7.86. The number of halogens is 1. The number of aryl methyl sites for hydroxylation is 1. The van der Waals surface area contributed by atoms with Crippen molar-refractivity contribution in [2.75, 3.05) is 0 Å². The number of rotatable bonds is 2. The number of benzene rings is 1. The Balaban J connectivity index is 1.44. The van der Waals surface area contributed by atoms with E-state index in [1.165, 1.54) is 11.2 Å². The van der Waals surface area contributed by atoms with E-state index in [0.29, 0.717) is 24.4 Å². The fourth-order valence-electron chi connectivity index (χ4n) is 4.54. The molecule has 2 aromatic heterocycles. The van der Waals surface area contributed by atoms with Crippen LogP contribution in [-0.4, -0.2) is 32.9 Å². The third-order valence-electron chi connectivity index (χ3n) is 6.24. The van der Waals surface area contributed by atoms with Crippen molar-refractivity contribution >= 4 is 45.2 Å². The molecule has 1 aliphatic carbocycles. The standard InChI is InChI=1S/C22H20ClN3O3S/c1-12-17(13-6-4-3-5-7-13)29-21(28)26(12)20(27)22(2)9-8-14-15(10-22)30-19-16(14)18(23)24-11-25-19/h3-7,11-12,17H,8-10H2,1-2H3. The highest BCUT2D eigenvalue weighted by Gasteiger charge is 2.50. The minimum Gasteiger partial charge on any atom is -0.439 e. The summed E-state index contributed by atoms with van der Waals surface area (Å²) in [5, 5.41) is 1.35. The highest BCUT2D eigenvalue weighted by molar-refractivity contribution is 7.19. The molecule has 2 aliphatic rings. The van der Waals surface area contributed by atoms with Gasteiger partial charge in [-0.05, 0) is 37.3 Å². The van der Waals surface area contributed by atoms with Crippen molar-refractivity contribution in [2.45, 2.75) is 45.3 Å². The normalized spacial score (nSPS) is 26.0. The minimum absolute atomic E-state index is 0.182. The molecule has 5 rings (SSSR count). The molecule has 0 bridgehead atoms. The number of carbonyl (C=O) groups excluding carboxylic acids is 2. The van der Waals surface area contributed by atoms with Crippen molar-refractivity contribution in [3.63, 3.8) is 0 Å². The van der Waals surface area contributed by atoms with Crippen molar-refractivity contribution in [1.82, 2.24) is 14.9 Å². The van der Waals surface area contributed by atoms with E-state index in [4.69, 9.17) is 16.3 Å². The molecule has 0 radical (unpaired) electrons. The molecule has 30 heavy (non-hydrogen) atoms. The lowest BCUT2D eigenvalue weighted by atomic mass is 9.74. The van der Waals surface area contributed by atoms with E-state index in [-0.39, 0.29) is 11.9 Å². The van der Waals surface area contributed by atoms with Crippen LogP contribution in [0.3, 0.4) is 0 Å². The van der Waals surface area contributed by atoms with E-state index in [1.807, 2.05) is 44.2 Å².